The molecule has 170 valence electrons. The molecule has 2 heterocycles. The van der Waals surface area contributed by atoms with Gasteiger partial charge >= 0.3 is 0 Å². The van der Waals surface area contributed by atoms with E-state index in [0.717, 1.165) is 23.2 Å². The number of carbonyl (C=O) groups excluding carboxylic acids is 1. The van der Waals surface area contributed by atoms with E-state index in [1.165, 1.54) is 11.8 Å². The molecule has 4 aromatic rings. The number of carbonyl (C=O) groups is 1. The van der Waals surface area contributed by atoms with Crippen LogP contribution in [0.1, 0.15) is 20.3 Å². The molecule has 0 spiro atoms. The highest BCUT2D eigenvalue weighted by atomic mass is 32.2. The number of benzene rings is 2. The molecule has 0 saturated carbocycles. The molecular weight excluding hydrogens is 432 g/mol. The van der Waals surface area contributed by atoms with Crippen molar-refractivity contribution in [2.45, 2.75) is 32.0 Å². The van der Waals surface area contributed by atoms with Crippen LogP contribution in [0.15, 0.2) is 76.8 Å². The summed E-state index contributed by atoms with van der Waals surface area (Å²) in [4.78, 5) is 31.0. The van der Waals surface area contributed by atoms with E-state index in [0.29, 0.717) is 28.7 Å². The molecule has 0 aliphatic rings. The number of aryl methyl sites for hydroxylation is 1. The summed E-state index contributed by atoms with van der Waals surface area (Å²) in [7, 11) is 1.88. The Morgan fingerprint density at radius 1 is 1.06 bits per heavy atom. The number of nitrogens with zero attached hydrogens (tertiary/aromatic N) is 3. The fourth-order valence-electron chi connectivity index (χ4n) is 3.72. The standard InChI is InChI=1S/C26H28N4O2S/c1-18(2)14-15-30-25(32)24-23(21(16-29(24)3)19-10-6-4-7-11-19)28-26(30)33-17-22(31)27-20-12-8-5-9-13-20/h4-13,16,18H,14-15,17H2,1-3H3,(H,27,31). The van der Waals surface area contributed by atoms with Gasteiger partial charge in [0.2, 0.25) is 5.91 Å². The molecule has 0 radical (unpaired) electrons. The van der Waals surface area contributed by atoms with E-state index >= 15 is 0 Å². The molecule has 6 nitrogen and oxygen atoms in total. The summed E-state index contributed by atoms with van der Waals surface area (Å²) in [5.74, 6) is 0.481. The summed E-state index contributed by atoms with van der Waals surface area (Å²) >= 11 is 1.30. The normalized spacial score (nSPS) is 11.3. The topological polar surface area (TPSA) is 68.9 Å². The Morgan fingerprint density at radius 2 is 1.73 bits per heavy atom. The fraction of sp³-hybridized carbons (Fsp3) is 0.269. The third kappa shape index (κ3) is 5.20. The number of amides is 1. The maximum Gasteiger partial charge on any atom is 0.278 e. The molecule has 0 fully saturated rings. The number of nitrogens with one attached hydrogen (secondary N) is 1. The lowest BCUT2D eigenvalue weighted by molar-refractivity contribution is -0.113. The largest absolute Gasteiger partial charge is 0.344 e. The van der Waals surface area contributed by atoms with Gasteiger partial charge in [-0.05, 0) is 30.0 Å². The van der Waals surface area contributed by atoms with Crippen molar-refractivity contribution in [3.05, 3.63) is 77.2 Å². The number of thioether (sulfide) groups is 1. The van der Waals surface area contributed by atoms with Crippen LogP contribution in [0, 0.1) is 5.92 Å². The number of hydrogen-bond donors (Lipinski definition) is 1. The maximum atomic E-state index is 13.6. The molecule has 2 aromatic carbocycles. The second-order valence-electron chi connectivity index (χ2n) is 8.45. The van der Waals surface area contributed by atoms with Crippen LogP contribution in [0.4, 0.5) is 5.69 Å². The van der Waals surface area contributed by atoms with Gasteiger partial charge in [-0.1, -0.05) is 74.1 Å². The van der Waals surface area contributed by atoms with Gasteiger partial charge in [0.05, 0.1) is 5.75 Å². The zero-order valence-corrected chi connectivity index (χ0v) is 19.9. The molecule has 4 rings (SSSR count). The first kappa shape index (κ1) is 22.9. The van der Waals surface area contributed by atoms with E-state index in [9.17, 15) is 9.59 Å². The van der Waals surface area contributed by atoms with Crippen molar-refractivity contribution in [3.8, 4) is 11.1 Å². The highest BCUT2D eigenvalue weighted by Crippen LogP contribution is 2.29. The lowest BCUT2D eigenvalue weighted by atomic mass is 10.1. The minimum Gasteiger partial charge on any atom is -0.344 e. The number of fused-ring (bicyclic) bond motifs is 1. The molecule has 1 amide bonds. The zero-order valence-electron chi connectivity index (χ0n) is 19.1. The van der Waals surface area contributed by atoms with Gasteiger partial charge in [-0.2, -0.15) is 0 Å². The van der Waals surface area contributed by atoms with Crippen molar-refractivity contribution in [2.75, 3.05) is 11.1 Å². The molecule has 0 bridgehead atoms. The van der Waals surface area contributed by atoms with Gasteiger partial charge in [-0.25, -0.2) is 4.98 Å². The van der Waals surface area contributed by atoms with Crippen LogP contribution in [-0.4, -0.2) is 25.8 Å². The number of hydrogen-bond acceptors (Lipinski definition) is 4. The van der Waals surface area contributed by atoms with Crippen LogP contribution in [0.3, 0.4) is 0 Å². The number of para-hydroxylation sites is 1. The lowest BCUT2D eigenvalue weighted by Gasteiger charge is -2.14. The summed E-state index contributed by atoms with van der Waals surface area (Å²) in [5.41, 5.74) is 3.84. The van der Waals surface area contributed by atoms with Crippen molar-refractivity contribution in [1.29, 1.82) is 0 Å². The van der Waals surface area contributed by atoms with Crippen LogP contribution < -0.4 is 10.9 Å². The summed E-state index contributed by atoms with van der Waals surface area (Å²) in [6.07, 6.45) is 2.81. The Bertz CT molecular complexity index is 1310. The van der Waals surface area contributed by atoms with Gasteiger partial charge in [0.15, 0.2) is 5.16 Å². The fourth-order valence-corrected chi connectivity index (χ4v) is 4.54. The van der Waals surface area contributed by atoms with Gasteiger partial charge in [0.1, 0.15) is 11.0 Å². The predicted molar refractivity (Wildman–Crippen MR) is 136 cm³/mol. The molecule has 0 unspecified atom stereocenters. The minimum absolute atomic E-state index is 0.0729. The zero-order chi connectivity index (χ0) is 23.4. The molecule has 0 aliphatic carbocycles. The Morgan fingerprint density at radius 3 is 2.39 bits per heavy atom. The van der Waals surface area contributed by atoms with Crippen LogP contribution in [0.2, 0.25) is 0 Å². The van der Waals surface area contributed by atoms with Crippen molar-refractivity contribution in [3.63, 3.8) is 0 Å². The van der Waals surface area contributed by atoms with Crippen molar-refractivity contribution in [2.24, 2.45) is 13.0 Å². The molecule has 33 heavy (non-hydrogen) atoms. The first-order chi connectivity index (χ1) is 15.9. The van der Waals surface area contributed by atoms with E-state index in [1.54, 1.807) is 4.57 Å². The Labute approximate surface area is 197 Å². The van der Waals surface area contributed by atoms with Gasteiger partial charge in [-0.3, -0.25) is 14.2 Å². The van der Waals surface area contributed by atoms with Crippen molar-refractivity contribution < 1.29 is 4.79 Å². The van der Waals surface area contributed by atoms with E-state index in [1.807, 2.05) is 78.5 Å². The van der Waals surface area contributed by atoms with E-state index in [4.69, 9.17) is 4.98 Å². The van der Waals surface area contributed by atoms with Crippen molar-refractivity contribution in [1.82, 2.24) is 14.1 Å². The van der Waals surface area contributed by atoms with Crippen molar-refractivity contribution >= 4 is 34.4 Å². The van der Waals surface area contributed by atoms with Crippen LogP contribution in [0.5, 0.6) is 0 Å². The summed E-state index contributed by atoms with van der Waals surface area (Å²) < 4.78 is 3.58. The monoisotopic (exact) mass is 460 g/mol. The molecule has 0 aliphatic heterocycles. The summed E-state index contributed by atoms with van der Waals surface area (Å²) in [6, 6.07) is 19.3. The van der Waals surface area contributed by atoms with Gasteiger partial charge in [0.25, 0.3) is 5.56 Å². The Kier molecular flexibility index (Phi) is 6.99. The lowest BCUT2D eigenvalue weighted by Crippen LogP contribution is -2.26. The highest BCUT2D eigenvalue weighted by molar-refractivity contribution is 7.99. The molecule has 0 saturated heterocycles. The first-order valence-electron chi connectivity index (χ1n) is 11.1. The number of anilines is 1. The second-order valence-corrected chi connectivity index (χ2v) is 9.40. The molecule has 2 aromatic heterocycles. The predicted octanol–water partition coefficient (Wildman–Crippen LogP) is 5.18. The molecule has 7 heteroatoms. The Hall–Kier alpha value is -3.32. The average molecular weight is 461 g/mol. The summed E-state index contributed by atoms with van der Waals surface area (Å²) in [5, 5.41) is 3.47. The third-order valence-electron chi connectivity index (χ3n) is 5.45. The van der Waals surface area contributed by atoms with E-state index < -0.39 is 0 Å². The number of rotatable bonds is 8. The Balaban J connectivity index is 1.71. The van der Waals surface area contributed by atoms with Gasteiger partial charge in [0, 0.05) is 31.0 Å². The van der Waals surface area contributed by atoms with Crippen LogP contribution in [-0.2, 0) is 18.4 Å². The first-order valence-corrected chi connectivity index (χ1v) is 12.1. The smallest absolute Gasteiger partial charge is 0.278 e. The van der Waals surface area contributed by atoms with Gasteiger partial charge < -0.3 is 9.88 Å². The highest BCUT2D eigenvalue weighted by Gasteiger charge is 2.19. The van der Waals surface area contributed by atoms with Gasteiger partial charge in [-0.15, -0.1) is 0 Å². The van der Waals surface area contributed by atoms with E-state index in [-0.39, 0.29) is 17.2 Å². The molecular formula is C26H28N4O2S. The molecule has 0 atom stereocenters. The van der Waals surface area contributed by atoms with Crippen LogP contribution in [0.25, 0.3) is 22.2 Å². The number of aromatic nitrogens is 3. The maximum absolute atomic E-state index is 13.6. The van der Waals surface area contributed by atoms with E-state index in [2.05, 4.69) is 19.2 Å². The van der Waals surface area contributed by atoms with Crippen LogP contribution >= 0.6 is 11.8 Å². The quantitative estimate of drug-likeness (QED) is 0.291. The third-order valence-corrected chi connectivity index (χ3v) is 6.42. The second kappa shape index (κ2) is 10.1. The summed E-state index contributed by atoms with van der Waals surface area (Å²) in [6.45, 7) is 4.83. The minimum atomic E-state index is -0.132. The SMILES string of the molecule is CC(C)CCn1c(SCC(=O)Nc2ccccc2)nc2c(-c3ccccc3)cn(C)c2c1=O. The average Bonchev–Trinajstić information content (AvgIpc) is 3.14. The molecule has 1 N–H and O–H groups in total.